The number of hydrogen-bond donors (Lipinski definition) is 2. The lowest BCUT2D eigenvalue weighted by molar-refractivity contribution is -0.114. The van der Waals surface area contributed by atoms with Crippen LogP contribution in [0, 0.1) is 0 Å². The fourth-order valence-electron chi connectivity index (χ4n) is 1.78. The second kappa shape index (κ2) is 6.73. The van der Waals surface area contributed by atoms with Gasteiger partial charge in [0.1, 0.15) is 11.5 Å². The molecule has 2 rings (SSSR count). The molecule has 0 atom stereocenters. The topological polar surface area (TPSA) is 64.3 Å². The average Bonchev–Trinajstić information content (AvgIpc) is 2.48. The molecule has 0 saturated carbocycles. The molecule has 0 fully saturated rings. The second-order valence-electron chi connectivity index (χ2n) is 4.38. The first kappa shape index (κ1) is 14.1. The first-order chi connectivity index (χ1) is 9.71. The zero-order chi connectivity index (χ0) is 14.4. The maximum Gasteiger partial charge on any atom is 0.238 e. The second-order valence-corrected chi connectivity index (χ2v) is 4.38. The molecule has 3 N–H and O–H groups in total. The van der Waals surface area contributed by atoms with Crippen molar-refractivity contribution in [3.8, 4) is 11.5 Å². The summed E-state index contributed by atoms with van der Waals surface area (Å²) in [5.74, 6) is 1.21. The summed E-state index contributed by atoms with van der Waals surface area (Å²) in [6.45, 7) is 2.07. The SMILES string of the molecule is CCc1ccc(Oc2cccc(NC(=O)CN)c2)cc1. The van der Waals surface area contributed by atoms with E-state index in [1.165, 1.54) is 5.56 Å². The Kier molecular flexibility index (Phi) is 4.74. The standard InChI is InChI=1S/C16H18N2O2/c1-2-12-6-8-14(9-7-12)20-15-5-3-4-13(10-15)18-16(19)11-17/h3-10H,2,11,17H2,1H3,(H,18,19). The Balaban J connectivity index is 2.08. The molecule has 0 bridgehead atoms. The Morgan fingerprint density at radius 3 is 2.55 bits per heavy atom. The van der Waals surface area contributed by atoms with Crippen LogP contribution in [0.3, 0.4) is 0 Å². The van der Waals surface area contributed by atoms with Gasteiger partial charge in [0.25, 0.3) is 0 Å². The third kappa shape index (κ3) is 3.83. The Morgan fingerprint density at radius 1 is 1.15 bits per heavy atom. The quantitative estimate of drug-likeness (QED) is 0.878. The summed E-state index contributed by atoms with van der Waals surface area (Å²) in [5, 5.41) is 2.69. The molecule has 4 nitrogen and oxygen atoms in total. The maximum absolute atomic E-state index is 11.2. The Morgan fingerprint density at radius 2 is 1.90 bits per heavy atom. The van der Waals surface area contributed by atoms with E-state index in [4.69, 9.17) is 10.5 Å². The number of rotatable bonds is 5. The molecule has 0 aliphatic rings. The number of amides is 1. The molecule has 0 aromatic heterocycles. The predicted octanol–water partition coefficient (Wildman–Crippen LogP) is 2.94. The van der Waals surface area contributed by atoms with Crippen molar-refractivity contribution in [2.24, 2.45) is 5.73 Å². The van der Waals surface area contributed by atoms with Crippen LogP contribution < -0.4 is 15.8 Å². The average molecular weight is 270 g/mol. The number of nitrogens with one attached hydrogen (secondary N) is 1. The largest absolute Gasteiger partial charge is 0.457 e. The lowest BCUT2D eigenvalue weighted by Crippen LogP contribution is -2.21. The minimum atomic E-state index is -0.227. The maximum atomic E-state index is 11.2. The zero-order valence-corrected chi connectivity index (χ0v) is 11.4. The molecule has 0 spiro atoms. The van der Waals surface area contributed by atoms with Gasteiger partial charge in [0, 0.05) is 11.8 Å². The van der Waals surface area contributed by atoms with Crippen LogP contribution in [-0.2, 0) is 11.2 Å². The van der Waals surface area contributed by atoms with Crippen molar-refractivity contribution in [1.29, 1.82) is 0 Å². The third-order valence-electron chi connectivity index (χ3n) is 2.87. The fraction of sp³-hybridized carbons (Fsp3) is 0.188. The molecule has 0 aliphatic carbocycles. The summed E-state index contributed by atoms with van der Waals surface area (Å²) in [6.07, 6.45) is 1.00. The number of carbonyl (C=O) groups is 1. The van der Waals surface area contributed by atoms with Gasteiger partial charge in [-0.3, -0.25) is 4.79 Å². The summed E-state index contributed by atoms with van der Waals surface area (Å²) in [6, 6.07) is 15.2. The van der Waals surface area contributed by atoms with E-state index in [1.807, 2.05) is 36.4 Å². The number of anilines is 1. The third-order valence-corrected chi connectivity index (χ3v) is 2.87. The minimum absolute atomic E-state index is 0.0381. The van der Waals surface area contributed by atoms with Gasteiger partial charge in [-0.25, -0.2) is 0 Å². The van der Waals surface area contributed by atoms with Gasteiger partial charge in [-0.2, -0.15) is 0 Å². The highest BCUT2D eigenvalue weighted by Crippen LogP contribution is 2.24. The van der Waals surface area contributed by atoms with E-state index >= 15 is 0 Å². The molecule has 2 aromatic carbocycles. The van der Waals surface area contributed by atoms with Crippen LogP contribution in [0.15, 0.2) is 48.5 Å². The van der Waals surface area contributed by atoms with Gasteiger partial charge in [0.05, 0.1) is 6.54 Å². The molecule has 0 heterocycles. The summed E-state index contributed by atoms with van der Waals surface area (Å²) in [5.41, 5.74) is 7.20. The number of aryl methyl sites for hydroxylation is 1. The van der Waals surface area contributed by atoms with E-state index < -0.39 is 0 Å². The van der Waals surface area contributed by atoms with Crippen molar-refractivity contribution in [3.05, 3.63) is 54.1 Å². The molecule has 0 saturated heterocycles. The van der Waals surface area contributed by atoms with Crippen LogP contribution in [-0.4, -0.2) is 12.5 Å². The number of benzene rings is 2. The van der Waals surface area contributed by atoms with Crippen LogP contribution >= 0.6 is 0 Å². The first-order valence-electron chi connectivity index (χ1n) is 6.58. The molecule has 0 unspecified atom stereocenters. The zero-order valence-electron chi connectivity index (χ0n) is 11.4. The van der Waals surface area contributed by atoms with Gasteiger partial charge in [0.15, 0.2) is 0 Å². The van der Waals surface area contributed by atoms with Crippen LogP contribution in [0.4, 0.5) is 5.69 Å². The van der Waals surface area contributed by atoms with Crippen molar-refractivity contribution in [1.82, 2.24) is 0 Å². The highest BCUT2D eigenvalue weighted by atomic mass is 16.5. The Labute approximate surface area is 118 Å². The van der Waals surface area contributed by atoms with E-state index in [0.717, 1.165) is 12.2 Å². The number of ether oxygens (including phenoxy) is 1. The molecule has 2 aromatic rings. The Bertz CT molecular complexity index is 579. The van der Waals surface area contributed by atoms with E-state index in [0.29, 0.717) is 11.4 Å². The van der Waals surface area contributed by atoms with Gasteiger partial charge in [0.2, 0.25) is 5.91 Å². The Hall–Kier alpha value is -2.33. The predicted molar refractivity (Wildman–Crippen MR) is 80.0 cm³/mol. The molecule has 104 valence electrons. The van der Waals surface area contributed by atoms with Crippen LogP contribution in [0.5, 0.6) is 11.5 Å². The first-order valence-corrected chi connectivity index (χ1v) is 6.58. The molecule has 0 aliphatic heterocycles. The number of carbonyl (C=O) groups excluding carboxylic acids is 1. The van der Waals surface area contributed by atoms with E-state index in [9.17, 15) is 4.79 Å². The molecule has 1 amide bonds. The number of nitrogens with two attached hydrogens (primary N) is 1. The van der Waals surface area contributed by atoms with Crippen LogP contribution in [0.25, 0.3) is 0 Å². The molecular weight excluding hydrogens is 252 g/mol. The van der Waals surface area contributed by atoms with Crippen LogP contribution in [0.2, 0.25) is 0 Å². The highest BCUT2D eigenvalue weighted by Gasteiger charge is 2.02. The van der Waals surface area contributed by atoms with Crippen molar-refractivity contribution in [2.45, 2.75) is 13.3 Å². The molecular formula is C16H18N2O2. The van der Waals surface area contributed by atoms with Gasteiger partial charge >= 0.3 is 0 Å². The fourth-order valence-corrected chi connectivity index (χ4v) is 1.78. The minimum Gasteiger partial charge on any atom is -0.457 e. The number of hydrogen-bond acceptors (Lipinski definition) is 3. The molecule has 4 heteroatoms. The lowest BCUT2D eigenvalue weighted by Gasteiger charge is -2.09. The van der Waals surface area contributed by atoms with Gasteiger partial charge < -0.3 is 15.8 Å². The monoisotopic (exact) mass is 270 g/mol. The van der Waals surface area contributed by atoms with Gasteiger partial charge in [-0.1, -0.05) is 25.1 Å². The van der Waals surface area contributed by atoms with Crippen LogP contribution in [0.1, 0.15) is 12.5 Å². The van der Waals surface area contributed by atoms with E-state index in [1.54, 1.807) is 12.1 Å². The smallest absolute Gasteiger partial charge is 0.238 e. The lowest BCUT2D eigenvalue weighted by atomic mass is 10.2. The van der Waals surface area contributed by atoms with Gasteiger partial charge in [-0.05, 0) is 36.2 Å². The summed E-state index contributed by atoms with van der Waals surface area (Å²) < 4.78 is 5.75. The summed E-state index contributed by atoms with van der Waals surface area (Å²) >= 11 is 0. The van der Waals surface area contributed by atoms with E-state index in [-0.39, 0.29) is 12.5 Å². The van der Waals surface area contributed by atoms with E-state index in [2.05, 4.69) is 12.2 Å². The van der Waals surface area contributed by atoms with Crippen molar-refractivity contribution >= 4 is 11.6 Å². The normalized spacial score (nSPS) is 10.1. The molecule has 20 heavy (non-hydrogen) atoms. The van der Waals surface area contributed by atoms with Gasteiger partial charge in [-0.15, -0.1) is 0 Å². The van der Waals surface area contributed by atoms with Crippen molar-refractivity contribution in [3.63, 3.8) is 0 Å². The van der Waals surface area contributed by atoms with Crippen molar-refractivity contribution in [2.75, 3.05) is 11.9 Å². The summed E-state index contributed by atoms with van der Waals surface area (Å²) in [4.78, 5) is 11.2. The summed E-state index contributed by atoms with van der Waals surface area (Å²) in [7, 11) is 0. The van der Waals surface area contributed by atoms with Crippen molar-refractivity contribution < 1.29 is 9.53 Å². The molecule has 0 radical (unpaired) electrons. The highest BCUT2D eigenvalue weighted by molar-refractivity contribution is 5.92.